The van der Waals surface area contributed by atoms with Crippen molar-refractivity contribution in [3.63, 3.8) is 0 Å². The first-order valence-corrected chi connectivity index (χ1v) is 6.52. The van der Waals surface area contributed by atoms with E-state index in [-0.39, 0.29) is 5.76 Å². The fourth-order valence-corrected chi connectivity index (χ4v) is 2.28. The van der Waals surface area contributed by atoms with Crippen molar-refractivity contribution in [1.29, 1.82) is 0 Å². The molecule has 5 heteroatoms. The standard InChI is InChI=1S/C14H14BrNO3/c1-8-3-4-10(15)9(7-8)13(16)11-5-6-12(19-11)14(17)18-2/h3-7,13H,16H2,1-2H3. The molecule has 0 saturated heterocycles. The summed E-state index contributed by atoms with van der Waals surface area (Å²) in [7, 11) is 1.31. The van der Waals surface area contributed by atoms with Crippen LogP contribution in [0.1, 0.15) is 33.5 Å². The lowest BCUT2D eigenvalue weighted by Crippen LogP contribution is -2.12. The molecule has 1 unspecified atom stereocenters. The Balaban J connectivity index is 2.33. The van der Waals surface area contributed by atoms with Crippen molar-refractivity contribution in [3.8, 4) is 0 Å². The first-order valence-electron chi connectivity index (χ1n) is 5.72. The van der Waals surface area contributed by atoms with Crippen LogP contribution in [0.5, 0.6) is 0 Å². The number of carbonyl (C=O) groups is 1. The van der Waals surface area contributed by atoms with Gasteiger partial charge in [-0.25, -0.2) is 4.79 Å². The van der Waals surface area contributed by atoms with Gasteiger partial charge in [-0.2, -0.15) is 0 Å². The van der Waals surface area contributed by atoms with E-state index in [9.17, 15) is 4.79 Å². The first kappa shape index (κ1) is 13.8. The van der Waals surface area contributed by atoms with Gasteiger partial charge >= 0.3 is 5.97 Å². The summed E-state index contributed by atoms with van der Waals surface area (Å²) in [6.07, 6.45) is 0. The highest BCUT2D eigenvalue weighted by Gasteiger charge is 2.18. The Bertz CT molecular complexity index is 606. The molecule has 0 aliphatic carbocycles. The Kier molecular flexibility index (Phi) is 4.07. The molecule has 1 atom stereocenters. The van der Waals surface area contributed by atoms with Crippen LogP contribution in [-0.2, 0) is 4.74 Å². The molecule has 2 N–H and O–H groups in total. The molecule has 1 heterocycles. The molecule has 0 aliphatic heterocycles. The van der Waals surface area contributed by atoms with Crippen molar-refractivity contribution in [2.45, 2.75) is 13.0 Å². The predicted octanol–water partition coefficient (Wildman–Crippen LogP) is 3.19. The second kappa shape index (κ2) is 5.59. The molecule has 0 amide bonds. The number of furan rings is 1. The Morgan fingerprint density at radius 3 is 2.79 bits per heavy atom. The Morgan fingerprint density at radius 1 is 1.37 bits per heavy atom. The molecule has 0 aliphatic rings. The van der Waals surface area contributed by atoms with Crippen LogP contribution in [-0.4, -0.2) is 13.1 Å². The molecule has 0 saturated carbocycles. The number of halogens is 1. The van der Waals surface area contributed by atoms with Gasteiger partial charge in [0.2, 0.25) is 5.76 Å². The van der Waals surface area contributed by atoms with Gasteiger partial charge in [0.15, 0.2) is 0 Å². The van der Waals surface area contributed by atoms with Crippen molar-refractivity contribution >= 4 is 21.9 Å². The normalized spacial score (nSPS) is 12.2. The maximum absolute atomic E-state index is 11.3. The monoisotopic (exact) mass is 323 g/mol. The van der Waals surface area contributed by atoms with Gasteiger partial charge in [-0.3, -0.25) is 0 Å². The van der Waals surface area contributed by atoms with Gasteiger partial charge in [0.05, 0.1) is 13.2 Å². The lowest BCUT2D eigenvalue weighted by atomic mass is 10.0. The number of hydrogen-bond acceptors (Lipinski definition) is 4. The summed E-state index contributed by atoms with van der Waals surface area (Å²) >= 11 is 3.46. The molecule has 1 aromatic heterocycles. The molecule has 2 aromatic rings. The molecule has 4 nitrogen and oxygen atoms in total. The molecule has 0 fully saturated rings. The van der Waals surface area contributed by atoms with Crippen LogP contribution in [0.3, 0.4) is 0 Å². The highest BCUT2D eigenvalue weighted by molar-refractivity contribution is 9.10. The maximum atomic E-state index is 11.3. The van der Waals surface area contributed by atoms with Crippen LogP contribution < -0.4 is 5.73 Å². The number of aryl methyl sites for hydroxylation is 1. The van der Waals surface area contributed by atoms with Crippen LogP contribution in [0, 0.1) is 6.92 Å². The lowest BCUT2D eigenvalue weighted by Gasteiger charge is -2.12. The minimum absolute atomic E-state index is 0.150. The topological polar surface area (TPSA) is 65.5 Å². The summed E-state index contributed by atoms with van der Waals surface area (Å²) in [6.45, 7) is 1.99. The summed E-state index contributed by atoms with van der Waals surface area (Å²) in [5.41, 5.74) is 8.18. The van der Waals surface area contributed by atoms with Crippen molar-refractivity contribution in [2.75, 3.05) is 7.11 Å². The van der Waals surface area contributed by atoms with Gasteiger partial charge in [0.1, 0.15) is 5.76 Å². The highest BCUT2D eigenvalue weighted by Crippen LogP contribution is 2.28. The average Bonchev–Trinajstić information content (AvgIpc) is 2.89. The summed E-state index contributed by atoms with van der Waals surface area (Å²) in [4.78, 5) is 11.3. The average molecular weight is 324 g/mol. The van der Waals surface area contributed by atoms with Crippen LogP contribution in [0.4, 0.5) is 0 Å². The zero-order chi connectivity index (χ0) is 14.0. The van der Waals surface area contributed by atoms with E-state index in [0.717, 1.165) is 15.6 Å². The predicted molar refractivity (Wildman–Crippen MR) is 75.0 cm³/mol. The van der Waals surface area contributed by atoms with Crippen LogP contribution in [0.2, 0.25) is 0 Å². The third-order valence-corrected chi connectivity index (χ3v) is 3.53. The third-order valence-electron chi connectivity index (χ3n) is 2.81. The summed E-state index contributed by atoms with van der Waals surface area (Å²) in [6, 6.07) is 8.72. The van der Waals surface area contributed by atoms with Crippen LogP contribution >= 0.6 is 15.9 Å². The van der Waals surface area contributed by atoms with Crippen molar-refractivity contribution in [1.82, 2.24) is 0 Å². The number of esters is 1. The van der Waals surface area contributed by atoms with E-state index in [4.69, 9.17) is 10.2 Å². The Hall–Kier alpha value is -1.59. The molecular formula is C14H14BrNO3. The summed E-state index contributed by atoms with van der Waals surface area (Å²) in [5.74, 6) is 0.158. The summed E-state index contributed by atoms with van der Waals surface area (Å²) < 4.78 is 10.9. The number of rotatable bonds is 3. The second-order valence-electron chi connectivity index (χ2n) is 4.20. The highest BCUT2D eigenvalue weighted by atomic mass is 79.9. The van der Waals surface area contributed by atoms with E-state index in [1.54, 1.807) is 12.1 Å². The minimum Gasteiger partial charge on any atom is -0.463 e. The fourth-order valence-electron chi connectivity index (χ4n) is 1.79. The van der Waals surface area contributed by atoms with Crippen molar-refractivity contribution in [2.24, 2.45) is 5.73 Å². The Labute approximate surface area is 119 Å². The SMILES string of the molecule is COC(=O)c1ccc(C(N)c2cc(C)ccc2Br)o1. The van der Waals surface area contributed by atoms with Gasteiger partial charge in [-0.1, -0.05) is 33.6 Å². The van der Waals surface area contributed by atoms with E-state index in [1.165, 1.54) is 7.11 Å². The molecule has 0 radical (unpaired) electrons. The zero-order valence-corrected chi connectivity index (χ0v) is 12.2. The van der Waals surface area contributed by atoms with Crippen LogP contribution in [0.25, 0.3) is 0 Å². The molecule has 2 rings (SSSR count). The minimum atomic E-state index is -0.512. The van der Waals surface area contributed by atoms with Gasteiger partial charge in [-0.15, -0.1) is 0 Å². The number of benzene rings is 1. The third kappa shape index (κ3) is 2.88. The van der Waals surface area contributed by atoms with Crippen LogP contribution in [0.15, 0.2) is 39.2 Å². The van der Waals surface area contributed by atoms with Crippen molar-refractivity contribution < 1.29 is 13.9 Å². The molecule has 19 heavy (non-hydrogen) atoms. The first-order chi connectivity index (χ1) is 9.02. The van der Waals surface area contributed by atoms with Gasteiger partial charge < -0.3 is 14.9 Å². The number of carbonyl (C=O) groups excluding carboxylic acids is 1. The van der Waals surface area contributed by atoms with E-state index in [1.807, 2.05) is 25.1 Å². The number of hydrogen-bond donors (Lipinski definition) is 1. The fraction of sp³-hybridized carbons (Fsp3) is 0.214. The molecule has 0 spiro atoms. The van der Waals surface area contributed by atoms with Gasteiger partial charge in [0, 0.05) is 4.47 Å². The lowest BCUT2D eigenvalue weighted by molar-refractivity contribution is 0.0562. The molecule has 1 aromatic carbocycles. The zero-order valence-electron chi connectivity index (χ0n) is 10.6. The quantitative estimate of drug-likeness (QED) is 0.881. The molecular weight excluding hydrogens is 310 g/mol. The second-order valence-corrected chi connectivity index (χ2v) is 5.05. The van der Waals surface area contributed by atoms with E-state index in [2.05, 4.69) is 20.7 Å². The van der Waals surface area contributed by atoms with Gasteiger partial charge in [0.25, 0.3) is 0 Å². The van der Waals surface area contributed by atoms with E-state index in [0.29, 0.717) is 5.76 Å². The number of ether oxygens (including phenoxy) is 1. The van der Waals surface area contributed by atoms with Gasteiger partial charge in [-0.05, 0) is 30.7 Å². The molecule has 100 valence electrons. The van der Waals surface area contributed by atoms with E-state index >= 15 is 0 Å². The summed E-state index contributed by atoms with van der Waals surface area (Å²) in [5, 5.41) is 0. The molecule has 0 bridgehead atoms. The maximum Gasteiger partial charge on any atom is 0.373 e. The Morgan fingerprint density at radius 2 is 2.11 bits per heavy atom. The smallest absolute Gasteiger partial charge is 0.373 e. The number of nitrogens with two attached hydrogens (primary N) is 1. The largest absolute Gasteiger partial charge is 0.463 e. The number of methoxy groups -OCH3 is 1. The van der Waals surface area contributed by atoms with Crippen molar-refractivity contribution in [3.05, 3.63) is 57.5 Å². The van der Waals surface area contributed by atoms with E-state index < -0.39 is 12.0 Å².